The molecule has 3 unspecified atom stereocenters. The third kappa shape index (κ3) is 4.56. The van der Waals surface area contributed by atoms with Crippen molar-refractivity contribution in [1.29, 1.82) is 0 Å². The van der Waals surface area contributed by atoms with Gasteiger partial charge in [0.25, 0.3) is 0 Å². The Balaban J connectivity index is 1.81. The van der Waals surface area contributed by atoms with Crippen molar-refractivity contribution in [1.82, 2.24) is 14.5 Å². The highest BCUT2D eigenvalue weighted by Gasteiger charge is 2.51. The van der Waals surface area contributed by atoms with Crippen molar-refractivity contribution in [3.8, 4) is 0 Å². The van der Waals surface area contributed by atoms with Crippen LogP contribution in [0.1, 0.15) is 58.9 Å². The standard InChI is InChI=1S/C20H32N3O8P/c1-6-20(27,7-2)32(28,29)31-19(4,5)9-13-14(24)15(25)17(30-13)23-10-12-8-11(3)21-16(12)22-18(23)26/h8,10,13-15,17,24-25,27H,6-7,9H2,1-5H3,(H,28,29)(H,21,22,26)/t13?,14-,15-,17?/m1/s1. The second-order valence-electron chi connectivity index (χ2n) is 9.00. The number of aryl methyl sites for hydroxylation is 1. The van der Waals surface area contributed by atoms with Crippen molar-refractivity contribution >= 4 is 18.6 Å². The Hall–Kier alpha value is -1.59. The van der Waals surface area contributed by atoms with Crippen LogP contribution < -0.4 is 5.69 Å². The van der Waals surface area contributed by atoms with Crippen molar-refractivity contribution in [2.75, 3.05) is 0 Å². The van der Waals surface area contributed by atoms with Gasteiger partial charge < -0.3 is 34.5 Å². The average molecular weight is 473 g/mol. The summed E-state index contributed by atoms with van der Waals surface area (Å²) in [6.45, 7) is 8.04. The molecule has 3 rings (SSSR count). The lowest BCUT2D eigenvalue weighted by Crippen LogP contribution is -2.39. The third-order valence-electron chi connectivity index (χ3n) is 6.00. The summed E-state index contributed by atoms with van der Waals surface area (Å²) in [7, 11) is -4.45. The first-order chi connectivity index (χ1) is 14.7. The summed E-state index contributed by atoms with van der Waals surface area (Å²) in [6, 6.07) is 1.78. The van der Waals surface area contributed by atoms with E-state index in [1.54, 1.807) is 19.9 Å². The molecule has 1 fully saturated rings. The largest absolute Gasteiger partial charge is 0.388 e. The van der Waals surface area contributed by atoms with Crippen LogP contribution in [0.4, 0.5) is 0 Å². The second kappa shape index (κ2) is 8.64. The number of aromatic nitrogens is 3. The van der Waals surface area contributed by atoms with E-state index in [9.17, 15) is 29.6 Å². The second-order valence-corrected chi connectivity index (χ2v) is 11.1. The summed E-state index contributed by atoms with van der Waals surface area (Å²) in [5, 5.41) is 30.3. The lowest BCUT2D eigenvalue weighted by molar-refractivity contribution is -0.0668. The molecule has 5 atom stereocenters. The summed E-state index contributed by atoms with van der Waals surface area (Å²) < 4.78 is 25.1. The molecule has 0 amide bonds. The predicted molar refractivity (Wildman–Crippen MR) is 116 cm³/mol. The first kappa shape index (κ1) is 25.0. The zero-order valence-electron chi connectivity index (χ0n) is 18.8. The molecule has 32 heavy (non-hydrogen) atoms. The van der Waals surface area contributed by atoms with E-state index in [0.717, 1.165) is 10.3 Å². The van der Waals surface area contributed by atoms with E-state index in [4.69, 9.17) is 9.26 Å². The van der Waals surface area contributed by atoms with Gasteiger partial charge in [-0.15, -0.1) is 0 Å². The number of rotatable bonds is 8. The molecule has 12 heteroatoms. The van der Waals surface area contributed by atoms with E-state index >= 15 is 0 Å². The lowest BCUT2D eigenvalue weighted by atomic mass is 9.97. The van der Waals surface area contributed by atoms with Crippen molar-refractivity contribution in [2.24, 2.45) is 0 Å². The predicted octanol–water partition coefficient (Wildman–Crippen LogP) is 1.53. The van der Waals surface area contributed by atoms with Gasteiger partial charge in [-0.1, -0.05) is 13.8 Å². The number of ether oxygens (including phenoxy) is 1. The van der Waals surface area contributed by atoms with Crippen LogP contribution in [0.25, 0.3) is 11.0 Å². The number of aliphatic hydroxyl groups excluding tert-OH is 2. The molecule has 0 aromatic carbocycles. The first-order valence-corrected chi connectivity index (χ1v) is 12.2. The molecule has 0 spiro atoms. The number of aliphatic hydroxyl groups is 3. The molecule has 1 aliphatic rings. The van der Waals surface area contributed by atoms with E-state index in [-0.39, 0.29) is 19.3 Å². The Kier molecular flexibility index (Phi) is 6.76. The Labute approximate surface area is 185 Å². The van der Waals surface area contributed by atoms with Crippen molar-refractivity contribution in [3.05, 3.63) is 28.4 Å². The monoisotopic (exact) mass is 473 g/mol. The third-order valence-corrected chi connectivity index (χ3v) is 8.43. The highest BCUT2D eigenvalue weighted by atomic mass is 31.2. The molecule has 0 radical (unpaired) electrons. The van der Waals surface area contributed by atoms with Crippen molar-refractivity contribution < 1.29 is 34.0 Å². The summed E-state index contributed by atoms with van der Waals surface area (Å²) in [5.41, 5.74) is -0.751. The van der Waals surface area contributed by atoms with Gasteiger partial charge in [-0.3, -0.25) is 9.13 Å². The SMILES string of the molecule is CCC(O)(CC)P(=O)(O)OC(C)(C)CC1OC(n2cc3cc(C)[nH]c3nc2=O)[C@H](O)[C@@H]1O. The van der Waals surface area contributed by atoms with Gasteiger partial charge in [0.05, 0.1) is 11.7 Å². The van der Waals surface area contributed by atoms with Crippen LogP contribution in [0.15, 0.2) is 17.1 Å². The zero-order valence-corrected chi connectivity index (χ0v) is 19.7. The maximum Gasteiger partial charge on any atom is 0.359 e. The molecular weight excluding hydrogens is 441 g/mol. The highest BCUT2D eigenvalue weighted by molar-refractivity contribution is 7.54. The van der Waals surface area contributed by atoms with Gasteiger partial charge in [0.1, 0.15) is 17.9 Å². The molecule has 0 saturated carbocycles. The Bertz CT molecular complexity index is 1080. The molecule has 11 nitrogen and oxygen atoms in total. The van der Waals surface area contributed by atoms with E-state index < -0.39 is 48.8 Å². The van der Waals surface area contributed by atoms with Crippen LogP contribution >= 0.6 is 7.60 Å². The van der Waals surface area contributed by atoms with Crippen molar-refractivity contribution in [2.45, 2.75) is 89.4 Å². The van der Waals surface area contributed by atoms with Gasteiger partial charge in [-0.05, 0) is 39.7 Å². The van der Waals surface area contributed by atoms with Gasteiger partial charge in [-0.25, -0.2) is 4.79 Å². The molecule has 5 N–H and O–H groups in total. The fraction of sp³-hybridized carbons (Fsp3) is 0.700. The molecule has 180 valence electrons. The molecule has 1 saturated heterocycles. The van der Waals surface area contributed by atoms with Crippen LogP contribution in [0.5, 0.6) is 0 Å². The van der Waals surface area contributed by atoms with E-state index in [1.165, 1.54) is 20.0 Å². The zero-order chi connectivity index (χ0) is 24.1. The molecular formula is C20H32N3O8P. The van der Waals surface area contributed by atoms with Crippen molar-refractivity contribution in [3.63, 3.8) is 0 Å². The Morgan fingerprint density at radius 3 is 2.50 bits per heavy atom. The Morgan fingerprint density at radius 2 is 1.91 bits per heavy atom. The van der Waals surface area contributed by atoms with Crippen LogP contribution in [0.2, 0.25) is 0 Å². The van der Waals surface area contributed by atoms with Crippen LogP contribution in [-0.2, 0) is 13.8 Å². The normalized spacial score (nSPS) is 26.5. The minimum atomic E-state index is -4.45. The van der Waals surface area contributed by atoms with Gasteiger partial charge in [0.2, 0.25) is 0 Å². The number of H-pyrrole nitrogens is 1. The van der Waals surface area contributed by atoms with E-state index in [0.29, 0.717) is 11.0 Å². The molecule has 0 aliphatic carbocycles. The fourth-order valence-corrected chi connectivity index (χ4v) is 5.76. The number of aromatic amines is 1. The van der Waals surface area contributed by atoms with E-state index in [2.05, 4.69) is 9.97 Å². The quantitative estimate of drug-likeness (QED) is 0.357. The molecule has 1 aliphatic heterocycles. The maximum atomic E-state index is 12.8. The average Bonchev–Trinajstić information content (AvgIpc) is 3.18. The summed E-state index contributed by atoms with van der Waals surface area (Å²) in [5.74, 6) is 0. The molecule has 0 bridgehead atoms. The number of hydrogen-bond acceptors (Lipinski definition) is 8. The van der Waals surface area contributed by atoms with Gasteiger partial charge in [0, 0.05) is 23.7 Å². The maximum absolute atomic E-state index is 12.8. The smallest absolute Gasteiger partial charge is 0.359 e. The minimum Gasteiger partial charge on any atom is -0.388 e. The van der Waals surface area contributed by atoms with Gasteiger partial charge in [-0.2, -0.15) is 4.98 Å². The van der Waals surface area contributed by atoms with Gasteiger partial charge >= 0.3 is 13.3 Å². The summed E-state index contributed by atoms with van der Waals surface area (Å²) >= 11 is 0. The summed E-state index contributed by atoms with van der Waals surface area (Å²) in [4.78, 5) is 29.8. The number of fused-ring (bicyclic) bond motifs is 1. The summed E-state index contributed by atoms with van der Waals surface area (Å²) in [6.07, 6.45) is -3.56. The van der Waals surface area contributed by atoms with Crippen LogP contribution in [0, 0.1) is 6.92 Å². The topological polar surface area (TPSA) is 167 Å². The molecule has 2 aromatic rings. The lowest BCUT2D eigenvalue weighted by Gasteiger charge is -2.37. The van der Waals surface area contributed by atoms with E-state index in [1.807, 2.05) is 6.92 Å². The van der Waals surface area contributed by atoms with Gasteiger partial charge in [0.15, 0.2) is 11.6 Å². The van der Waals surface area contributed by atoms with Crippen LogP contribution in [0.3, 0.4) is 0 Å². The fourth-order valence-electron chi connectivity index (χ4n) is 4.05. The Morgan fingerprint density at radius 1 is 1.28 bits per heavy atom. The molecule has 2 aromatic heterocycles. The minimum absolute atomic E-state index is 0.0216. The van der Waals surface area contributed by atoms with Crippen LogP contribution in [-0.4, -0.2) is 64.0 Å². The molecule has 3 heterocycles. The number of nitrogens with one attached hydrogen (secondary N) is 1. The first-order valence-electron chi connectivity index (χ1n) is 10.6. The number of hydrogen-bond donors (Lipinski definition) is 5. The highest BCUT2D eigenvalue weighted by Crippen LogP contribution is 2.60. The number of nitrogens with zero attached hydrogens (tertiary/aromatic N) is 2.